The van der Waals surface area contributed by atoms with Crippen LogP contribution < -0.4 is 5.32 Å². The SMILES string of the molecule is O=C(NCc1ccccc1Sc1ccccc1)C1CCN(C(=O)N2CCCC2)CC1. The van der Waals surface area contributed by atoms with Gasteiger partial charge in [0.2, 0.25) is 5.91 Å². The summed E-state index contributed by atoms with van der Waals surface area (Å²) >= 11 is 1.72. The summed E-state index contributed by atoms with van der Waals surface area (Å²) in [5, 5.41) is 3.13. The Morgan fingerprint density at radius 1 is 0.867 bits per heavy atom. The van der Waals surface area contributed by atoms with Crippen LogP contribution in [0.2, 0.25) is 0 Å². The minimum absolute atomic E-state index is 0.0124. The minimum Gasteiger partial charge on any atom is -0.352 e. The van der Waals surface area contributed by atoms with Crippen LogP contribution in [0.3, 0.4) is 0 Å². The zero-order valence-electron chi connectivity index (χ0n) is 17.3. The second-order valence-corrected chi connectivity index (χ2v) is 9.09. The number of piperidine rings is 1. The van der Waals surface area contributed by atoms with Crippen molar-refractivity contribution in [3.63, 3.8) is 0 Å². The fraction of sp³-hybridized carbons (Fsp3) is 0.417. The van der Waals surface area contributed by atoms with E-state index >= 15 is 0 Å². The Morgan fingerprint density at radius 2 is 1.50 bits per heavy atom. The summed E-state index contributed by atoms with van der Waals surface area (Å²) in [6, 6.07) is 18.6. The Morgan fingerprint density at radius 3 is 2.23 bits per heavy atom. The monoisotopic (exact) mass is 423 g/mol. The number of hydrogen-bond acceptors (Lipinski definition) is 3. The van der Waals surface area contributed by atoms with Gasteiger partial charge in [0.15, 0.2) is 0 Å². The van der Waals surface area contributed by atoms with Crippen LogP contribution in [0.4, 0.5) is 4.79 Å². The first-order chi connectivity index (χ1) is 14.7. The zero-order valence-corrected chi connectivity index (χ0v) is 18.1. The van der Waals surface area contributed by atoms with Crippen LogP contribution >= 0.6 is 11.8 Å². The van der Waals surface area contributed by atoms with Gasteiger partial charge in [-0.2, -0.15) is 0 Å². The number of carbonyl (C=O) groups excluding carboxylic acids is 2. The Hall–Kier alpha value is -2.47. The van der Waals surface area contributed by atoms with Gasteiger partial charge in [-0.05, 0) is 49.4 Å². The zero-order chi connectivity index (χ0) is 20.8. The van der Waals surface area contributed by atoms with Crippen LogP contribution in [-0.2, 0) is 11.3 Å². The summed E-state index contributed by atoms with van der Waals surface area (Å²) in [7, 11) is 0. The molecule has 2 aromatic rings. The van der Waals surface area contributed by atoms with Gasteiger partial charge >= 0.3 is 6.03 Å². The smallest absolute Gasteiger partial charge is 0.319 e. The van der Waals surface area contributed by atoms with Gasteiger partial charge in [0, 0.05) is 48.4 Å². The molecule has 30 heavy (non-hydrogen) atoms. The van der Waals surface area contributed by atoms with E-state index in [1.165, 1.54) is 4.90 Å². The molecule has 2 fully saturated rings. The maximum absolute atomic E-state index is 12.7. The van der Waals surface area contributed by atoms with Gasteiger partial charge in [0.05, 0.1) is 0 Å². The van der Waals surface area contributed by atoms with Crippen molar-refractivity contribution in [2.24, 2.45) is 5.92 Å². The number of benzene rings is 2. The number of urea groups is 1. The van der Waals surface area contributed by atoms with E-state index in [-0.39, 0.29) is 17.9 Å². The summed E-state index contributed by atoms with van der Waals surface area (Å²) in [6.45, 7) is 3.63. The van der Waals surface area contributed by atoms with Crippen molar-refractivity contribution in [2.45, 2.75) is 42.0 Å². The summed E-state index contributed by atoms with van der Waals surface area (Å²) in [5.41, 5.74) is 1.13. The van der Waals surface area contributed by atoms with Crippen molar-refractivity contribution in [3.8, 4) is 0 Å². The van der Waals surface area contributed by atoms with Crippen LogP contribution in [0.5, 0.6) is 0 Å². The summed E-state index contributed by atoms with van der Waals surface area (Å²) in [4.78, 5) is 31.5. The number of hydrogen-bond donors (Lipinski definition) is 1. The first kappa shape index (κ1) is 20.8. The van der Waals surface area contributed by atoms with Crippen LogP contribution in [0.15, 0.2) is 64.4 Å². The molecule has 158 valence electrons. The second kappa shape index (κ2) is 10.0. The van der Waals surface area contributed by atoms with Crippen molar-refractivity contribution >= 4 is 23.7 Å². The summed E-state index contributed by atoms with van der Waals surface area (Å²) in [5.74, 6) is 0.0874. The van der Waals surface area contributed by atoms with E-state index in [4.69, 9.17) is 0 Å². The number of nitrogens with one attached hydrogen (secondary N) is 1. The van der Waals surface area contributed by atoms with Gasteiger partial charge in [0.1, 0.15) is 0 Å². The Bertz CT molecular complexity index is 860. The van der Waals surface area contributed by atoms with Gasteiger partial charge < -0.3 is 15.1 Å². The number of carbonyl (C=O) groups is 2. The van der Waals surface area contributed by atoms with E-state index in [1.807, 2.05) is 40.1 Å². The first-order valence-corrected chi connectivity index (χ1v) is 11.6. The third-order valence-corrected chi connectivity index (χ3v) is 7.04. The molecule has 0 unspecified atom stereocenters. The molecule has 6 heteroatoms. The Labute approximate surface area is 182 Å². The molecule has 0 aromatic heterocycles. The number of amides is 3. The molecule has 2 aliphatic rings. The van der Waals surface area contributed by atoms with Crippen molar-refractivity contribution < 1.29 is 9.59 Å². The van der Waals surface area contributed by atoms with Crippen LogP contribution in [0.1, 0.15) is 31.2 Å². The predicted molar refractivity (Wildman–Crippen MR) is 119 cm³/mol. The van der Waals surface area contributed by atoms with Crippen molar-refractivity contribution in [1.29, 1.82) is 0 Å². The lowest BCUT2D eigenvalue weighted by Crippen LogP contribution is -2.47. The largest absolute Gasteiger partial charge is 0.352 e. The maximum Gasteiger partial charge on any atom is 0.319 e. The van der Waals surface area contributed by atoms with E-state index in [9.17, 15) is 9.59 Å². The molecule has 3 amide bonds. The highest BCUT2D eigenvalue weighted by Gasteiger charge is 2.30. The van der Waals surface area contributed by atoms with Gasteiger partial charge in [0.25, 0.3) is 0 Å². The average molecular weight is 424 g/mol. The third-order valence-electron chi connectivity index (χ3n) is 5.91. The fourth-order valence-electron chi connectivity index (χ4n) is 4.13. The molecular formula is C24H29N3O2S. The van der Waals surface area contributed by atoms with Crippen LogP contribution in [0, 0.1) is 5.92 Å². The first-order valence-electron chi connectivity index (χ1n) is 10.8. The van der Waals surface area contributed by atoms with Gasteiger partial charge in [-0.1, -0.05) is 48.2 Å². The van der Waals surface area contributed by atoms with Crippen LogP contribution in [-0.4, -0.2) is 47.9 Å². The van der Waals surface area contributed by atoms with E-state index in [2.05, 4.69) is 29.6 Å². The standard InChI is InChI=1S/C24H29N3O2S/c28-23(19-12-16-27(17-13-19)24(29)26-14-6-7-15-26)25-18-20-8-4-5-11-22(20)30-21-9-2-1-3-10-21/h1-5,8-11,19H,6-7,12-18H2,(H,25,28). The minimum atomic E-state index is -0.0124. The molecule has 2 saturated heterocycles. The topological polar surface area (TPSA) is 52.7 Å². The van der Waals surface area contributed by atoms with E-state index < -0.39 is 0 Å². The van der Waals surface area contributed by atoms with E-state index in [1.54, 1.807) is 11.8 Å². The van der Waals surface area contributed by atoms with E-state index in [0.29, 0.717) is 19.6 Å². The molecule has 0 atom stereocenters. The van der Waals surface area contributed by atoms with Gasteiger partial charge in [-0.3, -0.25) is 4.79 Å². The molecule has 2 heterocycles. The highest BCUT2D eigenvalue weighted by Crippen LogP contribution is 2.30. The maximum atomic E-state index is 12.7. The van der Waals surface area contributed by atoms with Gasteiger partial charge in [-0.25, -0.2) is 4.79 Å². The third kappa shape index (κ3) is 5.17. The van der Waals surface area contributed by atoms with Crippen LogP contribution in [0.25, 0.3) is 0 Å². The molecule has 2 aliphatic heterocycles. The Balaban J connectivity index is 1.28. The fourth-order valence-corrected chi connectivity index (χ4v) is 5.10. The van der Waals surface area contributed by atoms with Crippen molar-refractivity contribution in [3.05, 3.63) is 60.2 Å². The van der Waals surface area contributed by atoms with Crippen molar-refractivity contribution in [2.75, 3.05) is 26.2 Å². The molecule has 1 N–H and O–H groups in total. The number of likely N-dealkylation sites (tertiary alicyclic amines) is 2. The average Bonchev–Trinajstić information content (AvgIpc) is 3.34. The molecule has 0 spiro atoms. The highest BCUT2D eigenvalue weighted by molar-refractivity contribution is 7.99. The molecule has 0 radical (unpaired) electrons. The Kier molecular flexibility index (Phi) is 6.95. The molecule has 0 aliphatic carbocycles. The lowest BCUT2D eigenvalue weighted by atomic mass is 9.96. The van der Waals surface area contributed by atoms with Gasteiger partial charge in [-0.15, -0.1) is 0 Å². The van der Waals surface area contributed by atoms with E-state index in [0.717, 1.165) is 49.2 Å². The molecule has 2 aromatic carbocycles. The normalized spacial score (nSPS) is 17.2. The lowest BCUT2D eigenvalue weighted by molar-refractivity contribution is -0.126. The number of rotatable bonds is 5. The molecule has 4 rings (SSSR count). The quantitative estimate of drug-likeness (QED) is 0.776. The molecule has 0 bridgehead atoms. The van der Waals surface area contributed by atoms with Crippen molar-refractivity contribution in [1.82, 2.24) is 15.1 Å². The predicted octanol–water partition coefficient (Wildman–Crippen LogP) is 4.38. The highest BCUT2D eigenvalue weighted by atomic mass is 32.2. The molecular weight excluding hydrogens is 394 g/mol. The lowest BCUT2D eigenvalue weighted by Gasteiger charge is -2.34. The second-order valence-electron chi connectivity index (χ2n) is 7.98. The summed E-state index contributed by atoms with van der Waals surface area (Å²) < 4.78 is 0. The molecule has 0 saturated carbocycles. The number of nitrogens with zero attached hydrogens (tertiary/aromatic N) is 2. The molecule has 5 nitrogen and oxygen atoms in total. The summed E-state index contributed by atoms with van der Waals surface area (Å²) in [6.07, 6.45) is 3.70.